The van der Waals surface area contributed by atoms with Gasteiger partial charge in [-0.2, -0.15) is 0 Å². The van der Waals surface area contributed by atoms with Gasteiger partial charge in [-0.25, -0.2) is 4.99 Å². The SMILES string of the molecule is CCOc1cc(C=Nc2sc3c(c2C(=O)Nc2ccccc2)CCCC3)ccc1OC(C)=O. The highest BCUT2D eigenvalue weighted by Crippen LogP contribution is 2.40. The zero-order valence-corrected chi connectivity index (χ0v) is 19.5. The highest BCUT2D eigenvalue weighted by atomic mass is 32.1. The summed E-state index contributed by atoms with van der Waals surface area (Å²) in [5.74, 6) is 0.309. The Kier molecular flexibility index (Phi) is 7.19. The minimum atomic E-state index is -0.407. The minimum absolute atomic E-state index is 0.132. The highest BCUT2D eigenvalue weighted by Gasteiger charge is 2.25. The fourth-order valence-corrected chi connectivity index (χ4v) is 5.07. The molecule has 33 heavy (non-hydrogen) atoms. The predicted molar refractivity (Wildman–Crippen MR) is 132 cm³/mol. The Hall–Kier alpha value is -3.45. The first kappa shape index (κ1) is 22.7. The lowest BCUT2D eigenvalue weighted by atomic mass is 9.95. The molecule has 0 fully saturated rings. The van der Waals surface area contributed by atoms with Gasteiger partial charge in [-0.1, -0.05) is 18.2 Å². The van der Waals surface area contributed by atoms with E-state index in [1.807, 2.05) is 43.3 Å². The number of carbonyl (C=O) groups excluding carboxylic acids is 2. The van der Waals surface area contributed by atoms with Gasteiger partial charge < -0.3 is 14.8 Å². The zero-order chi connectivity index (χ0) is 23.2. The van der Waals surface area contributed by atoms with Crippen LogP contribution in [0.3, 0.4) is 0 Å². The van der Waals surface area contributed by atoms with E-state index in [1.54, 1.807) is 29.7 Å². The van der Waals surface area contributed by atoms with Crippen LogP contribution in [0, 0.1) is 0 Å². The van der Waals surface area contributed by atoms with Gasteiger partial charge >= 0.3 is 5.97 Å². The average molecular weight is 463 g/mol. The molecule has 1 aliphatic rings. The number of hydrogen-bond acceptors (Lipinski definition) is 6. The van der Waals surface area contributed by atoms with Crippen molar-refractivity contribution in [3.8, 4) is 11.5 Å². The quantitative estimate of drug-likeness (QED) is 0.267. The Morgan fingerprint density at radius 1 is 1.09 bits per heavy atom. The van der Waals surface area contributed by atoms with Gasteiger partial charge in [0.25, 0.3) is 5.91 Å². The smallest absolute Gasteiger partial charge is 0.308 e. The van der Waals surface area contributed by atoms with Gasteiger partial charge in [-0.05, 0) is 74.1 Å². The molecule has 2 aromatic carbocycles. The molecule has 0 atom stereocenters. The van der Waals surface area contributed by atoms with Crippen molar-refractivity contribution in [1.82, 2.24) is 0 Å². The van der Waals surface area contributed by atoms with Gasteiger partial charge in [0.1, 0.15) is 5.00 Å². The summed E-state index contributed by atoms with van der Waals surface area (Å²) >= 11 is 1.59. The lowest BCUT2D eigenvalue weighted by Gasteiger charge is -2.12. The topological polar surface area (TPSA) is 77.0 Å². The van der Waals surface area contributed by atoms with Crippen molar-refractivity contribution >= 4 is 40.1 Å². The lowest BCUT2D eigenvalue weighted by Crippen LogP contribution is -2.14. The molecule has 6 nitrogen and oxygen atoms in total. The van der Waals surface area contributed by atoms with E-state index in [2.05, 4.69) is 5.32 Å². The number of fused-ring (bicyclic) bond motifs is 1. The summed E-state index contributed by atoms with van der Waals surface area (Å²) < 4.78 is 10.8. The molecule has 1 aliphatic carbocycles. The molecular formula is C26H26N2O4S. The summed E-state index contributed by atoms with van der Waals surface area (Å²) in [5.41, 5.74) is 3.33. The Bertz CT molecular complexity index is 1180. The molecule has 7 heteroatoms. The maximum absolute atomic E-state index is 13.2. The first-order valence-corrected chi connectivity index (χ1v) is 11.9. The number of benzene rings is 2. The molecular weight excluding hydrogens is 436 g/mol. The molecule has 170 valence electrons. The number of nitrogens with one attached hydrogen (secondary N) is 1. The maximum atomic E-state index is 13.2. The second-order valence-corrected chi connectivity index (χ2v) is 8.79. The van der Waals surface area contributed by atoms with Crippen LogP contribution in [0.5, 0.6) is 11.5 Å². The van der Waals surface area contributed by atoms with Gasteiger partial charge in [-0.3, -0.25) is 9.59 Å². The molecule has 4 rings (SSSR count). The normalized spacial score (nSPS) is 12.9. The van der Waals surface area contributed by atoms with Crippen LogP contribution in [0.2, 0.25) is 0 Å². The van der Waals surface area contributed by atoms with E-state index in [4.69, 9.17) is 14.5 Å². The van der Waals surface area contributed by atoms with E-state index < -0.39 is 5.97 Å². The fraction of sp³-hybridized carbons (Fsp3) is 0.269. The van der Waals surface area contributed by atoms with Gasteiger partial charge in [0.2, 0.25) is 0 Å². The number of amides is 1. The number of ether oxygens (including phenoxy) is 2. The number of carbonyl (C=O) groups is 2. The molecule has 1 heterocycles. The summed E-state index contributed by atoms with van der Waals surface area (Å²) in [4.78, 5) is 30.5. The molecule has 1 aromatic heterocycles. The zero-order valence-electron chi connectivity index (χ0n) is 18.7. The number of thiophene rings is 1. The number of esters is 1. The number of aliphatic imine (C=N–C) groups is 1. The van der Waals surface area contributed by atoms with Crippen molar-refractivity contribution in [3.05, 3.63) is 70.1 Å². The summed E-state index contributed by atoms with van der Waals surface area (Å²) in [6, 6.07) is 14.7. The van der Waals surface area contributed by atoms with Crippen LogP contribution < -0.4 is 14.8 Å². The Balaban J connectivity index is 1.65. The van der Waals surface area contributed by atoms with E-state index in [-0.39, 0.29) is 5.91 Å². The molecule has 0 aliphatic heterocycles. The molecule has 0 bridgehead atoms. The van der Waals surface area contributed by atoms with E-state index >= 15 is 0 Å². The third-order valence-electron chi connectivity index (χ3n) is 5.26. The van der Waals surface area contributed by atoms with E-state index in [1.165, 1.54) is 11.8 Å². The predicted octanol–water partition coefficient (Wildman–Crippen LogP) is 5.95. The lowest BCUT2D eigenvalue weighted by molar-refractivity contribution is -0.132. The van der Waals surface area contributed by atoms with Gasteiger partial charge in [0, 0.05) is 23.7 Å². The van der Waals surface area contributed by atoms with Crippen LogP contribution in [-0.2, 0) is 17.6 Å². The number of hydrogen-bond donors (Lipinski definition) is 1. The van der Waals surface area contributed by atoms with Crippen molar-refractivity contribution < 1.29 is 19.1 Å². The molecule has 0 spiro atoms. The van der Waals surface area contributed by atoms with Crippen LogP contribution >= 0.6 is 11.3 Å². The average Bonchev–Trinajstić information content (AvgIpc) is 3.18. The molecule has 0 radical (unpaired) electrons. The Morgan fingerprint density at radius 3 is 2.64 bits per heavy atom. The summed E-state index contributed by atoms with van der Waals surface area (Å²) in [6.45, 7) is 3.66. The van der Waals surface area contributed by atoms with E-state index in [0.29, 0.717) is 28.7 Å². The van der Waals surface area contributed by atoms with Crippen molar-refractivity contribution in [1.29, 1.82) is 0 Å². The minimum Gasteiger partial charge on any atom is -0.490 e. The second-order valence-electron chi connectivity index (χ2n) is 7.70. The summed E-state index contributed by atoms with van der Waals surface area (Å²) in [5, 5.41) is 3.72. The van der Waals surface area contributed by atoms with Crippen molar-refractivity contribution in [2.45, 2.75) is 39.5 Å². The van der Waals surface area contributed by atoms with Crippen molar-refractivity contribution in [3.63, 3.8) is 0 Å². The number of nitrogens with zero attached hydrogens (tertiary/aromatic N) is 1. The van der Waals surface area contributed by atoms with Gasteiger partial charge in [0.05, 0.1) is 12.2 Å². The number of anilines is 1. The van der Waals surface area contributed by atoms with Crippen LogP contribution in [0.1, 0.15) is 53.1 Å². The van der Waals surface area contributed by atoms with Crippen molar-refractivity contribution in [2.75, 3.05) is 11.9 Å². The molecule has 1 N–H and O–H groups in total. The van der Waals surface area contributed by atoms with Crippen molar-refractivity contribution in [2.24, 2.45) is 4.99 Å². The maximum Gasteiger partial charge on any atom is 0.308 e. The number of aryl methyl sites for hydroxylation is 1. The number of para-hydroxylation sites is 1. The molecule has 1 amide bonds. The van der Waals surface area contributed by atoms with Crippen LogP contribution in [-0.4, -0.2) is 24.7 Å². The Morgan fingerprint density at radius 2 is 1.88 bits per heavy atom. The van der Waals surface area contributed by atoms with E-state index in [9.17, 15) is 9.59 Å². The molecule has 0 saturated carbocycles. The molecule has 0 saturated heterocycles. The van der Waals surface area contributed by atoms with Gasteiger partial charge in [-0.15, -0.1) is 11.3 Å². The fourth-order valence-electron chi connectivity index (χ4n) is 3.84. The summed E-state index contributed by atoms with van der Waals surface area (Å²) in [7, 11) is 0. The van der Waals surface area contributed by atoms with Crippen LogP contribution in [0.25, 0.3) is 0 Å². The first-order chi connectivity index (χ1) is 16.0. The van der Waals surface area contributed by atoms with Gasteiger partial charge in [0.15, 0.2) is 11.5 Å². The number of rotatable bonds is 7. The third kappa shape index (κ3) is 5.49. The van der Waals surface area contributed by atoms with Crippen LogP contribution in [0.4, 0.5) is 10.7 Å². The highest BCUT2D eigenvalue weighted by molar-refractivity contribution is 7.16. The monoisotopic (exact) mass is 462 g/mol. The molecule has 3 aromatic rings. The first-order valence-electron chi connectivity index (χ1n) is 11.1. The Labute approximate surface area is 197 Å². The largest absolute Gasteiger partial charge is 0.490 e. The summed E-state index contributed by atoms with van der Waals surface area (Å²) in [6.07, 6.45) is 5.80. The standard InChI is InChI=1S/C26H26N2O4S/c1-3-31-22-15-18(13-14-21(22)32-17(2)29)16-27-26-24(20-11-7-8-12-23(20)33-26)25(30)28-19-9-5-4-6-10-19/h4-6,9-10,13-16H,3,7-8,11-12H2,1-2H3,(H,28,30). The third-order valence-corrected chi connectivity index (χ3v) is 6.46. The molecule has 0 unspecified atom stereocenters. The van der Waals surface area contributed by atoms with Crippen LogP contribution in [0.15, 0.2) is 53.5 Å². The second kappa shape index (κ2) is 10.4. The van der Waals surface area contributed by atoms with E-state index in [0.717, 1.165) is 42.5 Å².